The Morgan fingerprint density at radius 3 is 3.00 bits per heavy atom. The van der Waals surface area contributed by atoms with E-state index in [1.165, 1.54) is 0 Å². The van der Waals surface area contributed by atoms with E-state index in [0.717, 1.165) is 44.4 Å². The molecule has 0 aliphatic carbocycles. The molecule has 0 saturated carbocycles. The van der Waals surface area contributed by atoms with Crippen LogP contribution in [0.4, 0.5) is 11.6 Å². The van der Waals surface area contributed by atoms with Crippen LogP contribution in [0.3, 0.4) is 0 Å². The van der Waals surface area contributed by atoms with Crippen LogP contribution >= 0.6 is 0 Å². The van der Waals surface area contributed by atoms with Gasteiger partial charge in [0.25, 0.3) is 0 Å². The van der Waals surface area contributed by atoms with Gasteiger partial charge in [-0.3, -0.25) is 0 Å². The van der Waals surface area contributed by atoms with E-state index in [-0.39, 0.29) is 5.60 Å². The number of morpholine rings is 1. The van der Waals surface area contributed by atoms with Gasteiger partial charge in [-0.2, -0.15) is 0 Å². The number of pyridine rings is 1. The quantitative estimate of drug-likeness (QED) is 0.914. The Kier molecular flexibility index (Phi) is 3.81. The fourth-order valence-corrected chi connectivity index (χ4v) is 2.84. The van der Waals surface area contributed by atoms with Gasteiger partial charge in [-0.25, -0.2) is 4.98 Å². The zero-order valence-electron chi connectivity index (χ0n) is 12.3. The normalized spacial score (nSPS) is 26.4. The summed E-state index contributed by atoms with van der Waals surface area (Å²) >= 11 is 0. The van der Waals surface area contributed by atoms with Gasteiger partial charge in [0.1, 0.15) is 17.2 Å². The number of ether oxygens (including phenoxy) is 2. The van der Waals surface area contributed by atoms with Crippen molar-refractivity contribution in [2.45, 2.75) is 31.9 Å². The van der Waals surface area contributed by atoms with Gasteiger partial charge in [-0.15, -0.1) is 0 Å². The first-order valence-electron chi connectivity index (χ1n) is 7.37. The van der Waals surface area contributed by atoms with Crippen LogP contribution in [0.2, 0.25) is 0 Å². The Hall–Kier alpha value is -1.33. The lowest BCUT2D eigenvalue weighted by Gasteiger charge is -2.40. The van der Waals surface area contributed by atoms with Crippen LogP contribution in [-0.2, 0) is 9.47 Å². The third-order valence-corrected chi connectivity index (χ3v) is 3.81. The van der Waals surface area contributed by atoms with Crippen molar-refractivity contribution in [3.8, 4) is 0 Å². The molecular formula is C15H23N3O2. The van der Waals surface area contributed by atoms with E-state index in [1.54, 1.807) is 0 Å². The SMILES string of the molecule is CC(C)Nc1cccc(N2CCO[C@]3(CCOC3)C2)n1. The second-order valence-corrected chi connectivity index (χ2v) is 5.94. The number of aromatic nitrogens is 1. The van der Waals surface area contributed by atoms with Crippen LogP contribution in [0.25, 0.3) is 0 Å². The van der Waals surface area contributed by atoms with E-state index in [9.17, 15) is 0 Å². The summed E-state index contributed by atoms with van der Waals surface area (Å²) in [6.07, 6.45) is 0.980. The maximum atomic E-state index is 5.96. The number of nitrogens with one attached hydrogen (secondary N) is 1. The Morgan fingerprint density at radius 1 is 1.35 bits per heavy atom. The molecule has 20 heavy (non-hydrogen) atoms. The molecule has 1 aromatic heterocycles. The molecule has 0 amide bonds. The third-order valence-electron chi connectivity index (χ3n) is 3.81. The predicted molar refractivity (Wildman–Crippen MR) is 79.3 cm³/mol. The summed E-state index contributed by atoms with van der Waals surface area (Å²) in [4.78, 5) is 7.02. The first kappa shape index (κ1) is 13.6. The lowest BCUT2D eigenvalue weighted by atomic mass is 10.0. The average molecular weight is 277 g/mol. The number of rotatable bonds is 3. The molecule has 1 spiro atoms. The van der Waals surface area contributed by atoms with Crippen LogP contribution in [0.15, 0.2) is 18.2 Å². The van der Waals surface area contributed by atoms with Crippen LogP contribution in [0, 0.1) is 0 Å². The first-order chi connectivity index (χ1) is 9.67. The van der Waals surface area contributed by atoms with Crippen molar-refractivity contribution in [3.05, 3.63) is 18.2 Å². The van der Waals surface area contributed by atoms with Crippen LogP contribution in [-0.4, -0.2) is 49.5 Å². The average Bonchev–Trinajstić information content (AvgIpc) is 2.86. The molecule has 0 aromatic carbocycles. The molecule has 0 radical (unpaired) electrons. The number of hydrogen-bond acceptors (Lipinski definition) is 5. The summed E-state index contributed by atoms with van der Waals surface area (Å²) < 4.78 is 11.5. The highest BCUT2D eigenvalue weighted by molar-refractivity contribution is 5.48. The van der Waals surface area contributed by atoms with Crippen LogP contribution in [0.5, 0.6) is 0 Å². The molecule has 2 aliphatic heterocycles. The molecule has 1 aromatic rings. The maximum Gasteiger partial charge on any atom is 0.131 e. The van der Waals surface area contributed by atoms with Crippen LogP contribution in [0.1, 0.15) is 20.3 Å². The van der Waals surface area contributed by atoms with Crippen molar-refractivity contribution in [2.75, 3.05) is 43.1 Å². The fourth-order valence-electron chi connectivity index (χ4n) is 2.84. The third kappa shape index (κ3) is 2.88. The zero-order valence-corrected chi connectivity index (χ0v) is 12.3. The molecule has 1 atom stereocenters. The monoisotopic (exact) mass is 277 g/mol. The summed E-state index contributed by atoms with van der Waals surface area (Å²) in [5.74, 6) is 1.95. The second-order valence-electron chi connectivity index (χ2n) is 5.94. The molecule has 2 fully saturated rings. The highest BCUT2D eigenvalue weighted by Crippen LogP contribution is 2.29. The predicted octanol–water partition coefficient (Wildman–Crippen LogP) is 1.90. The largest absolute Gasteiger partial charge is 0.378 e. The zero-order chi connectivity index (χ0) is 14.0. The molecule has 2 aliphatic rings. The molecule has 5 nitrogen and oxygen atoms in total. The highest BCUT2D eigenvalue weighted by atomic mass is 16.6. The minimum atomic E-state index is -0.124. The Balaban J connectivity index is 1.74. The number of hydrogen-bond donors (Lipinski definition) is 1. The number of nitrogens with zero attached hydrogens (tertiary/aromatic N) is 2. The van der Waals surface area contributed by atoms with Gasteiger partial charge in [0.05, 0.1) is 19.8 Å². The minimum absolute atomic E-state index is 0.124. The lowest BCUT2D eigenvalue weighted by molar-refractivity contribution is -0.0581. The van der Waals surface area contributed by atoms with E-state index < -0.39 is 0 Å². The van der Waals surface area contributed by atoms with Crippen molar-refractivity contribution in [2.24, 2.45) is 0 Å². The Morgan fingerprint density at radius 2 is 2.25 bits per heavy atom. The van der Waals surface area contributed by atoms with E-state index in [2.05, 4.69) is 36.2 Å². The summed E-state index contributed by atoms with van der Waals surface area (Å²) in [6, 6.07) is 6.52. The summed E-state index contributed by atoms with van der Waals surface area (Å²) in [5.41, 5.74) is -0.124. The molecule has 0 unspecified atom stereocenters. The summed E-state index contributed by atoms with van der Waals surface area (Å²) in [7, 11) is 0. The topological polar surface area (TPSA) is 46.6 Å². The van der Waals surface area contributed by atoms with Crippen LogP contribution < -0.4 is 10.2 Å². The Labute approximate surface area is 120 Å². The van der Waals surface area contributed by atoms with E-state index in [1.807, 2.05) is 6.07 Å². The van der Waals surface area contributed by atoms with Gasteiger partial charge in [0.2, 0.25) is 0 Å². The molecule has 3 rings (SSSR count). The molecule has 1 N–H and O–H groups in total. The highest BCUT2D eigenvalue weighted by Gasteiger charge is 2.40. The second kappa shape index (κ2) is 5.58. The standard InChI is InChI=1S/C15H23N3O2/c1-12(2)16-13-4-3-5-14(17-13)18-7-9-20-15(10-18)6-8-19-11-15/h3-5,12H,6-11H2,1-2H3,(H,16,17)/t15-/m1/s1. The van der Waals surface area contributed by atoms with Gasteiger partial charge in [0, 0.05) is 25.6 Å². The first-order valence-corrected chi connectivity index (χ1v) is 7.37. The van der Waals surface area contributed by atoms with E-state index in [4.69, 9.17) is 14.5 Å². The fraction of sp³-hybridized carbons (Fsp3) is 0.667. The van der Waals surface area contributed by atoms with Gasteiger partial charge >= 0.3 is 0 Å². The van der Waals surface area contributed by atoms with Gasteiger partial charge in [-0.1, -0.05) is 6.07 Å². The van der Waals surface area contributed by atoms with E-state index in [0.29, 0.717) is 12.6 Å². The van der Waals surface area contributed by atoms with Crippen molar-refractivity contribution in [1.82, 2.24) is 4.98 Å². The molecule has 110 valence electrons. The van der Waals surface area contributed by atoms with Crippen molar-refractivity contribution in [3.63, 3.8) is 0 Å². The Bertz CT molecular complexity index is 458. The number of anilines is 2. The maximum absolute atomic E-state index is 5.96. The van der Waals surface area contributed by atoms with Crippen molar-refractivity contribution >= 4 is 11.6 Å². The van der Waals surface area contributed by atoms with E-state index >= 15 is 0 Å². The van der Waals surface area contributed by atoms with Gasteiger partial charge in [0.15, 0.2) is 0 Å². The van der Waals surface area contributed by atoms with Gasteiger partial charge < -0.3 is 19.7 Å². The minimum Gasteiger partial charge on any atom is -0.378 e. The molecule has 0 bridgehead atoms. The summed E-state index contributed by atoms with van der Waals surface area (Å²) in [6.45, 7) is 8.24. The molecule has 3 heterocycles. The molecular weight excluding hydrogens is 254 g/mol. The van der Waals surface area contributed by atoms with Crippen molar-refractivity contribution < 1.29 is 9.47 Å². The molecule has 2 saturated heterocycles. The summed E-state index contributed by atoms with van der Waals surface area (Å²) in [5, 5.41) is 3.35. The lowest BCUT2D eigenvalue weighted by Crippen LogP contribution is -2.52. The van der Waals surface area contributed by atoms with Crippen molar-refractivity contribution in [1.29, 1.82) is 0 Å². The smallest absolute Gasteiger partial charge is 0.131 e. The van der Waals surface area contributed by atoms with Gasteiger partial charge in [-0.05, 0) is 26.0 Å². The molecule has 5 heteroatoms.